The maximum atomic E-state index is 10.5. The molecular formula is C5H9N2O2. The molecule has 51 valence electrons. The third kappa shape index (κ3) is 3.52. The van der Waals surface area contributed by atoms with Crippen molar-refractivity contribution in [1.29, 1.82) is 0 Å². The molecule has 0 aromatic carbocycles. The van der Waals surface area contributed by atoms with Gasteiger partial charge in [0.1, 0.15) is 0 Å². The molecule has 0 spiro atoms. The van der Waals surface area contributed by atoms with Crippen LogP contribution in [0.15, 0.2) is 0 Å². The first-order valence-electron chi connectivity index (χ1n) is 2.45. The Morgan fingerprint density at radius 2 is 1.78 bits per heavy atom. The van der Waals surface area contributed by atoms with E-state index < -0.39 is 11.9 Å². The minimum atomic E-state index is -0.818. The summed E-state index contributed by atoms with van der Waals surface area (Å²) in [5, 5.41) is 1.91. The van der Waals surface area contributed by atoms with Gasteiger partial charge in [0.25, 0.3) is 0 Å². The van der Waals surface area contributed by atoms with E-state index in [1.165, 1.54) is 0 Å². The lowest BCUT2D eigenvalue weighted by Gasteiger charge is -2.00. The highest BCUT2D eigenvalue weighted by molar-refractivity contribution is 6.00. The zero-order valence-electron chi connectivity index (χ0n) is 5.39. The highest BCUT2D eigenvalue weighted by Gasteiger charge is 2.07. The molecule has 0 saturated carbocycles. The van der Waals surface area contributed by atoms with Crippen LogP contribution in [0, 0.1) is 5.92 Å². The molecule has 0 rings (SSSR count). The smallest absolute Gasteiger partial charge is 0.318 e. The summed E-state index contributed by atoms with van der Waals surface area (Å²) < 4.78 is 0. The van der Waals surface area contributed by atoms with E-state index in [1.807, 2.05) is 5.32 Å². The Balaban J connectivity index is 3.64. The van der Waals surface area contributed by atoms with Gasteiger partial charge in [0.2, 0.25) is 5.91 Å². The molecule has 0 atom stereocenters. The second kappa shape index (κ2) is 3.06. The number of primary amides is 1. The normalized spacial score (nSPS) is 9.22. The van der Waals surface area contributed by atoms with E-state index in [9.17, 15) is 9.59 Å². The number of carbonyl (C=O) groups excluding carboxylic acids is 2. The molecule has 0 fully saturated rings. The average Bonchev–Trinajstić information content (AvgIpc) is 1.63. The largest absolute Gasteiger partial charge is 0.351 e. The van der Waals surface area contributed by atoms with Crippen molar-refractivity contribution in [2.24, 2.45) is 5.73 Å². The molecule has 3 N–H and O–H groups in total. The highest BCUT2D eigenvalue weighted by Crippen LogP contribution is 1.91. The molecule has 0 aliphatic carbocycles. The summed E-state index contributed by atoms with van der Waals surface area (Å²) >= 11 is 0. The minimum absolute atomic E-state index is 0.428. The number of nitrogens with two attached hydrogens (primary N) is 1. The van der Waals surface area contributed by atoms with Crippen LogP contribution < -0.4 is 11.1 Å². The summed E-state index contributed by atoms with van der Waals surface area (Å²) in [5.74, 6) is 0.0799. The Kier molecular flexibility index (Phi) is 2.70. The predicted molar refractivity (Wildman–Crippen MR) is 32.3 cm³/mol. The Morgan fingerprint density at radius 1 is 1.33 bits per heavy atom. The number of carbonyl (C=O) groups is 2. The van der Waals surface area contributed by atoms with Crippen molar-refractivity contribution in [3.05, 3.63) is 5.92 Å². The van der Waals surface area contributed by atoms with Crippen molar-refractivity contribution in [2.45, 2.75) is 13.8 Å². The van der Waals surface area contributed by atoms with Crippen LogP contribution in [0.2, 0.25) is 0 Å². The number of urea groups is 1. The van der Waals surface area contributed by atoms with Crippen molar-refractivity contribution < 1.29 is 9.59 Å². The first-order chi connectivity index (χ1) is 4.04. The Hall–Kier alpha value is -1.06. The first kappa shape index (κ1) is 7.94. The zero-order chi connectivity index (χ0) is 7.44. The van der Waals surface area contributed by atoms with Crippen molar-refractivity contribution in [2.75, 3.05) is 0 Å². The fourth-order valence-corrected chi connectivity index (χ4v) is 0.237. The number of amides is 3. The first-order valence-corrected chi connectivity index (χ1v) is 2.45. The Morgan fingerprint density at radius 3 is 1.89 bits per heavy atom. The SMILES string of the molecule is C[C](C)C(=O)NC(N)=O. The van der Waals surface area contributed by atoms with Crippen LogP contribution in [0.3, 0.4) is 0 Å². The van der Waals surface area contributed by atoms with Crippen molar-refractivity contribution in [3.8, 4) is 0 Å². The zero-order valence-corrected chi connectivity index (χ0v) is 5.39. The van der Waals surface area contributed by atoms with Gasteiger partial charge in [-0.1, -0.05) is 0 Å². The molecule has 0 saturated heterocycles. The quantitative estimate of drug-likeness (QED) is 0.514. The van der Waals surface area contributed by atoms with Crippen LogP contribution in [0.4, 0.5) is 4.79 Å². The fourth-order valence-electron chi connectivity index (χ4n) is 0.237. The summed E-state index contributed by atoms with van der Waals surface area (Å²) in [7, 11) is 0. The summed E-state index contributed by atoms with van der Waals surface area (Å²) in [4.78, 5) is 20.5. The van der Waals surface area contributed by atoms with Crippen LogP contribution in [-0.2, 0) is 4.79 Å². The molecule has 0 aromatic rings. The fraction of sp³-hybridized carbons (Fsp3) is 0.400. The standard InChI is InChI=1S/C5H9N2O2/c1-3(2)4(8)7-5(6)9/h1-2H3,(H3,6,7,8,9). The lowest BCUT2D eigenvalue weighted by atomic mass is 10.2. The summed E-state index contributed by atoms with van der Waals surface area (Å²) in [5.41, 5.74) is 4.65. The summed E-state index contributed by atoms with van der Waals surface area (Å²) in [6, 6.07) is -0.818. The second-order valence-corrected chi connectivity index (χ2v) is 1.82. The molecule has 0 aliphatic rings. The number of rotatable bonds is 1. The number of hydrogen-bond donors (Lipinski definition) is 2. The van der Waals surface area contributed by atoms with Gasteiger partial charge < -0.3 is 5.73 Å². The Labute approximate surface area is 53.4 Å². The molecule has 0 aromatic heterocycles. The monoisotopic (exact) mass is 129 g/mol. The lowest BCUT2D eigenvalue weighted by molar-refractivity contribution is -0.118. The van der Waals surface area contributed by atoms with Gasteiger partial charge in [-0.25, -0.2) is 4.79 Å². The van der Waals surface area contributed by atoms with Gasteiger partial charge in [-0.2, -0.15) is 0 Å². The van der Waals surface area contributed by atoms with Gasteiger partial charge in [-0.15, -0.1) is 0 Å². The number of hydrogen-bond acceptors (Lipinski definition) is 2. The van der Waals surface area contributed by atoms with Gasteiger partial charge in [0.15, 0.2) is 0 Å². The van der Waals surface area contributed by atoms with E-state index in [4.69, 9.17) is 0 Å². The van der Waals surface area contributed by atoms with E-state index in [0.29, 0.717) is 5.92 Å². The molecule has 0 aliphatic heterocycles. The van der Waals surface area contributed by atoms with Gasteiger partial charge in [0, 0.05) is 0 Å². The van der Waals surface area contributed by atoms with Crippen LogP contribution in [0.5, 0.6) is 0 Å². The maximum absolute atomic E-state index is 10.5. The highest BCUT2D eigenvalue weighted by atomic mass is 16.2. The molecule has 0 bridgehead atoms. The minimum Gasteiger partial charge on any atom is -0.351 e. The van der Waals surface area contributed by atoms with E-state index in [2.05, 4.69) is 5.73 Å². The predicted octanol–water partition coefficient (Wildman–Crippen LogP) is -0.204. The van der Waals surface area contributed by atoms with Gasteiger partial charge in [-0.05, 0) is 13.8 Å². The maximum Gasteiger partial charge on any atom is 0.318 e. The van der Waals surface area contributed by atoms with Gasteiger partial charge in [-0.3, -0.25) is 10.1 Å². The van der Waals surface area contributed by atoms with Crippen LogP contribution >= 0.6 is 0 Å². The summed E-state index contributed by atoms with van der Waals surface area (Å²) in [6.45, 7) is 3.19. The molecule has 0 heterocycles. The molecular weight excluding hydrogens is 120 g/mol. The van der Waals surface area contributed by atoms with Crippen molar-refractivity contribution >= 4 is 11.9 Å². The molecule has 4 nitrogen and oxygen atoms in total. The van der Waals surface area contributed by atoms with Gasteiger partial charge >= 0.3 is 6.03 Å². The van der Waals surface area contributed by atoms with E-state index in [-0.39, 0.29) is 0 Å². The average molecular weight is 129 g/mol. The van der Waals surface area contributed by atoms with E-state index in [1.54, 1.807) is 13.8 Å². The van der Waals surface area contributed by atoms with Crippen molar-refractivity contribution in [3.63, 3.8) is 0 Å². The van der Waals surface area contributed by atoms with Crippen molar-refractivity contribution in [1.82, 2.24) is 5.32 Å². The Bertz CT molecular complexity index is 131. The summed E-state index contributed by atoms with van der Waals surface area (Å²) in [6.07, 6.45) is 0. The molecule has 3 amide bonds. The molecule has 0 unspecified atom stereocenters. The van der Waals surface area contributed by atoms with Crippen LogP contribution in [-0.4, -0.2) is 11.9 Å². The number of imide groups is 1. The van der Waals surface area contributed by atoms with Crippen LogP contribution in [0.1, 0.15) is 13.8 Å². The van der Waals surface area contributed by atoms with E-state index in [0.717, 1.165) is 0 Å². The van der Waals surface area contributed by atoms with Crippen LogP contribution in [0.25, 0.3) is 0 Å². The third-order valence-electron chi connectivity index (χ3n) is 0.691. The number of nitrogens with one attached hydrogen (secondary N) is 1. The van der Waals surface area contributed by atoms with E-state index >= 15 is 0 Å². The topological polar surface area (TPSA) is 72.2 Å². The third-order valence-corrected chi connectivity index (χ3v) is 0.691. The lowest BCUT2D eigenvalue weighted by Crippen LogP contribution is -2.36. The molecule has 1 radical (unpaired) electrons. The second-order valence-electron chi connectivity index (χ2n) is 1.82. The molecule has 4 heteroatoms. The van der Waals surface area contributed by atoms with Gasteiger partial charge in [0.05, 0.1) is 5.92 Å². The molecule has 9 heavy (non-hydrogen) atoms.